The first-order chi connectivity index (χ1) is 50.9. The van der Waals surface area contributed by atoms with Crippen LogP contribution < -0.4 is 0 Å². The van der Waals surface area contributed by atoms with Gasteiger partial charge in [0.2, 0.25) is 0 Å². The van der Waals surface area contributed by atoms with Crippen molar-refractivity contribution in [2.75, 3.05) is 26.8 Å². The quantitative estimate of drug-likeness (QED) is 0.0408. The van der Waals surface area contributed by atoms with E-state index in [0.29, 0.717) is 87.2 Å². The lowest BCUT2D eigenvalue weighted by Crippen LogP contribution is -2.27. The smallest absolute Gasteiger partial charge is 0.320 e. The first-order valence-electron chi connectivity index (χ1n) is 38.6. The van der Waals surface area contributed by atoms with Crippen LogP contribution in [0, 0.1) is 13.8 Å². The second-order valence-electron chi connectivity index (χ2n) is 29.3. The van der Waals surface area contributed by atoms with Crippen molar-refractivity contribution in [2.45, 2.75) is 239 Å². The highest BCUT2D eigenvalue weighted by molar-refractivity contribution is 6.30. The van der Waals surface area contributed by atoms with E-state index in [0.717, 1.165) is 53.1 Å². The van der Waals surface area contributed by atoms with Gasteiger partial charge in [-0.05, 0) is 189 Å². The maximum Gasteiger partial charge on any atom is 0.320 e. The summed E-state index contributed by atoms with van der Waals surface area (Å²) in [5.41, 5.74) is 22.0. The molecule has 0 atom stereocenters. The molecule has 0 saturated carbocycles. The molecule has 0 aliphatic heterocycles. The number of likely N-dealkylation sites (N-methyl/N-ethyl adjacent to an activating group) is 1. The van der Waals surface area contributed by atoms with E-state index in [1.165, 1.54) is 73.7 Å². The summed E-state index contributed by atoms with van der Waals surface area (Å²) in [6.45, 7) is 45.5. The largest absolute Gasteiger partial charge is 0.465 e. The number of benzene rings is 9. The first-order valence-corrected chi connectivity index (χ1v) is 39.0. The second-order valence-corrected chi connectivity index (χ2v) is 29.8. The number of ether oxygens (including phenoxy) is 4. The summed E-state index contributed by atoms with van der Waals surface area (Å²) >= 11 is 5.79. The van der Waals surface area contributed by atoms with Crippen LogP contribution in [0.2, 0.25) is 5.02 Å². The lowest BCUT2D eigenvalue weighted by molar-refractivity contribution is -0.145. The van der Waals surface area contributed by atoms with Crippen molar-refractivity contribution in [2.24, 2.45) is 0 Å². The van der Waals surface area contributed by atoms with Gasteiger partial charge in [0.05, 0.1) is 32.6 Å². The molecule has 584 valence electrons. The molecule has 0 radical (unpaired) electrons. The van der Waals surface area contributed by atoms with Gasteiger partial charge in [-0.1, -0.05) is 336 Å². The summed E-state index contributed by atoms with van der Waals surface area (Å²) in [5.74, 6) is 3.19. The van der Waals surface area contributed by atoms with Gasteiger partial charge in [0.1, 0.15) is 13.2 Å². The molecule has 0 aliphatic carbocycles. The van der Waals surface area contributed by atoms with Crippen LogP contribution in [0.25, 0.3) is 0 Å². The first kappa shape index (κ1) is 95.2. The number of hydrogen-bond donors (Lipinski definition) is 0. The van der Waals surface area contributed by atoms with Gasteiger partial charge in [0, 0.05) is 24.9 Å². The van der Waals surface area contributed by atoms with Crippen LogP contribution in [0.1, 0.15) is 268 Å². The molecule has 9 aromatic carbocycles. The molecule has 0 bridgehead atoms. The molecule has 0 amide bonds. The number of hydrogen-bond acceptors (Lipinski definition) is 9. The Labute approximate surface area is 658 Å². The molecule has 0 aliphatic rings. The number of rotatable bonds is 25. The van der Waals surface area contributed by atoms with E-state index in [1.807, 2.05) is 122 Å². The molecule has 0 fully saturated rings. The Morgan fingerprint density at radius 2 is 0.759 bits per heavy atom. The standard InChI is InChI=1S/C19H22O2.C18H20O2.C15H23NO2.C13H20.C12H16O2.C11H16.C9H11Cl.CH4/c1-15(2)18-10-6-9-17(13-18)11-12-21-19(20)14-16-7-4-3-5-8-16;1-14(2)17-10-6-9-16(11-17)13-20-18(19)12-15-7-4-3-5-8-15;1-5-18-15(17)11-16(4)10-13-7-6-8-14(9-13)12(2)3;1-5-11-8-7-9-12(6-2)13(11)10(3)4;1-9(2)12-6-4-11(5-7-12)8-14-10(3)13;1-8(2)11-9(3)6-5-7-10(11)4;1-7(2)8-4-3-5-9(10)6-8;/h3-10,13,15H,11-12,14H2,1-2H3;3-11,14H,12-13H2,1-2H3;6-9,12H,5,10-11H2,1-4H3;7-10H,5-6H2,1-4H3;4-7,9H,8H2,1-3H3;5-8H,1-4H3;3-7H,1-2H3;1H4. The van der Waals surface area contributed by atoms with E-state index in [4.69, 9.17) is 30.5 Å². The fourth-order valence-electron chi connectivity index (χ4n) is 11.9. The Kier molecular flexibility index (Phi) is 46.7. The molecule has 0 N–H and O–H groups in total. The van der Waals surface area contributed by atoms with Crippen LogP contribution in [0.5, 0.6) is 0 Å². The number of aryl methyl sites for hydroxylation is 4. The molecule has 9 aromatic rings. The monoisotopic (exact) mass is 1490 g/mol. The molecule has 9 rings (SSSR count). The number of nitrogens with zero attached hydrogens (tertiary/aromatic N) is 1. The fourth-order valence-corrected chi connectivity index (χ4v) is 12.1. The summed E-state index contributed by atoms with van der Waals surface area (Å²) in [5, 5.41) is 0.825. The van der Waals surface area contributed by atoms with Crippen LogP contribution in [0.3, 0.4) is 0 Å². The third kappa shape index (κ3) is 38.8. The topological polar surface area (TPSA) is 108 Å². The van der Waals surface area contributed by atoms with Gasteiger partial charge in [-0.25, -0.2) is 0 Å². The highest BCUT2D eigenvalue weighted by Crippen LogP contribution is 2.27. The Bertz CT molecular complexity index is 3940. The third-order valence-electron chi connectivity index (χ3n) is 17.8. The zero-order chi connectivity index (χ0) is 79.4. The van der Waals surface area contributed by atoms with Gasteiger partial charge >= 0.3 is 23.9 Å². The second kappa shape index (κ2) is 53.0. The fraction of sp³-hybridized carbons (Fsp3) is 0.408. The van der Waals surface area contributed by atoms with Crippen molar-refractivity contribution in [3.05, 3.63) is 318 Å². The molecule has 0 aromatic heterocycles. The van der Waals surface area contributed by atoms with Crippen molar-refractivity contribution in [1.82, 2.24) is 4.90 Å². The minimum atomic E-state index is -0.238. The molecular weight excluding hydrogens is 1350 g/mol. The lowest BCUT2D eigenvalue weighted by atomic mass is 9.90. The van der Waals surface area contributed by atoms with Crippen LogP contribution in [-0.2, 0) is 90.0 Å². The summed E-state index contributed by atoms with van der Waals surface area (Å²) in [4.78, 5) is 47.4. The zero-order valence-corrected chi connectivity index (χ0v) is 69.5. The van der Waals surface area contributed by atoms with Gasteiger partial charge in [-0.3, -0.25) is 24.1 Å². The molecule has 10 heteroatoms. The molecule has 9 nitrogen and oxygen atoms in total. The van der Waals surface area contributed by atoms with Crippen molar-refractivity contribution in [1.29, 1.82) is 0 Å². The summed E-state index contributed by atoms with van der Waals surface area (Å²) in [7, 11) is 1.93. The Morgan fingerprint density at radius 1 is 0.370 bits per heavy atom. The maximum atomic E-state index is 11.8. The normalized spacial score (nSPS) is 10.5. The Hall–Kier alpha value is -8.89. The van der Waals surface area contributed by atoms with E-state index < -0.39 is 0 Å². The predicted molar refractivity (Wildman–Crippen MR) is 457 cm³/mol. The summed E-state index contributed by atoms with van der Waals surface area (Å²) in [6, 6.07) is 73.8. The van der Waals surface area contributed by atoms with E-state index in [2.05, 4.69) is 240 Å². The van der Waals surface area contributed by atoms with Crippen LogP contribution in [-0.4, -0.2) is 55.6 Å². The molecule has 0 heterocycles. The van der Waals surface area contributed by atoms with Gasteiger partial charge in [-0.2, -0.15) is 0 Å². The molecular formula is C98H132ClNO8. The highest BCUT2D eigenvalue weighted by atomic mass is 35.5. The Balaban J connectivity index is 0.000000433. The van der Waals surface area contributed by atoms with Crippen molar-refractivity contribution >= 4 is 35.5 Å². The van der Waals surface area contributed by atoms with E-state index in [9.17, 15) is 19.2 Å². The summed E-state index contributed by atoms with van der Waals surface area (Å²) < 4.78 is 20.5. The number of carbonyl (C=O) groups is 4. The average molecular weight is 1490 g/mol. The van der Waals surface area contributed by atoms with Gasteiger partial charge in [-0.15, -0.1) is 0 Å². The molecule has 108 heavy (non-hydrogen) atoms. The van der Waals surface area contributed by atoms with Crippen molar-refractivity contribution < 1.29 is 38.1 Å². The molecule has 0 unspecified atom stereocenters. The predicted octanol–water partition coefficient (Wildman–Crippen LogP) is 25.4. The average Bonchev–Trinajstić information content (AvgIpc) is 0.843. The zero-order valence-electron chi connectivity index (χ0n) is 68.7. The van der Waals surface area contributed by atoms with Crippen LogP contribution in [0.15, 0.2) is 218 Å². The number of halogens is 1. The van der Waals surface area contributed by atoms with Gasteiger partial charge in [0.15, 0.2) is 0 Å². The van der Waals surface area contributed by atoms with Gasteiger partial charge in [0.25, 0.3) is 0 Å². The number of esters is 4. The van der Waals surface area contributed by atoms with E-state index in [-0.39, 0.29) is 31.3 Å². The maximum absolute atomic E-state index is 11.8. The van der Waals surface area contributed by atoms with Crippen LogP contribution >= 0.6 is 11.6 Å². The van der Waals surface area contributed by atoms with E-state index >= 15 is 0 Å². The van der Waals surface area contributed by atoms with Crippen LogP contribution in [0.4, 0.5) is 0 Å². The number of carbonyl (C=O) groups excluding carboxylic acids is 4. The van der Waals surface area contributed by atoms with Gasteiger partial charge < -0.3 is 18.9 Å². The van der Waals surface area contributed by atoms with Crippen molar-refractivity contribution in [3.8, 4) is 0 Å². The SMILES string of the molecule is C.CC(=O)OCc1ccc(C(C)C)cc1.CC(C)c1cccc(CCOC(=O)Cc2ccccc2)c1.CC(C)c1cccc(COC(=O)Cc2ccccc2)c1.CC(C)c1cccc(Cl)c1.CCOC(=O)CN(C)Cc1cccc(C(C)C)c1.CCc1cccc(CC)c1C(C)C.Cc1cccc(C)c1C(C)C. The highest BCUT2D eigenvalue weighted by Gasteiger charge is 2.13. The third-order valence-corrected chi connectivity index (χ3v) is 18.0. The minimum Gasteiger partial charge on any atom is -0.465 e. The molecule has 0 spiro atoms. The van der Waals surface area contributed by atoms with Crippen molar-refractivity contribution in [3.63, 3.8) is 0 Å². The summed E-state index contributed by atoms with van der Waals surface area (Å²) in [6.07, 6.45) is 3.74. The molecule has 0 saturated heterocycles. The Morgan fingerprint density at radius 3 is 1.18 bits per heavy atom. The minimum absolute atomic E-state index is 0. The lowest BCUT2D eigenvalue weighted by Gasteiger charge is -2.16. The van der Waals surface area contributed by atoms with E-state index in [1.54, 1.807) is 5.56 Å².